The lowest BCUT2D eigenvalue weighted by Gasteiger charge is -2.12. The third kappa shape index (κ3) is 2.61. The van der Waals surface area contributed by atoms with E-state index in [1.165, 1.54) is 11.8 Å². The van der Waals surface area contributed by atoms with Crippen LogP contribution >= 0.6 is 11.8 Å². The number of hydrogen-bond acceptors (Lipinski definition) is 5. The van der Waals surface area contributed by atoms with Crippen molar-refractivity contribution in [2.45, 2.75) is 30.5 Å². The number of hydrogen-bond donors (Lipinski definition) is 1. The topological polar surface area (TPSA) is 77.2 Å². The normalized spacial score (nSPS) is 24.1. The van der Waals surface area contributed by atoms with Crippen molar-refractivity contribution in [3.05, 3.63) is 5.82 Å². The second-order valence-corrected chi connectivity index (χ2v) is 5.00. The first kappa shape index (κ1) is 12.4. The molecule has 17 heavy (non-hydrogen) atoms. The van der Waals surface area contributed by atoms with Gasteiger partial charge >= 0.3 is 5.97 Å². The summed E-state index contributed by atoms with van der Waals surface area (Å²) < 4.78 is 7.36. The smallest absolute Gasteiger partial charge is 0.313 e. The predicted molar refractivity (Wildman–Crippen MR) is 62.1 cm³/mol. The Morgan fingerprint density at radius 1 is 1.65 bits per heavy atom. The first-order valence-electron chi connectivity index (χ1n) is 5.45. The van der Waals surface area contributed by atoms with Gasteiger partial charge in [-0.05, 0) is 13.3 Å². The standard InChI is InChI=1S/C10H15N3O3S/c1-6-7(3-4-16-6)9-11-12-10(13(9)2)17-5-8(14)15/h6-7H,3-5H2,1-2H3,(H,14,15). The van der Waals surface area contributed by atoms with Crippen LogP contribution in [0.2, 0.25) is 0 Å². The first-order chi connectivity index (χ1) is 8.09. The molecule has 2 atom stereocenters. The van der Waals surface area contributed by atoms with Gasteiger partial charge in [0, 0.05) is 19.6 Å². The number of aromatic nitrogens is 3. The molecule has 2 heterocycles. The third-order valence-corrected chi connectivity index (χ3v) is 3.91. The van der Waals surface area contributed by atoms with Gasteiger partial charge in [-0.25, -0.2) is 0 Å². The van der Waals surface area contributed by atoms with Crippen LogP contribution in [0.15, 0.2) is 5.16 Å². The maximum atomic E-state index is 10.5. The van der Waals surface area contributed by atoms with E-state index in [0.717, 1.165) is 18.9 Å². The molecule has 0 aliphatic carbocycles. The second-order valence-electron chi connectivity index (χ2n) is 4.05. The van der Waals surface area contributed by atoms with Crippen molar-refractivity contribution >= 4 is 17.7 Å². The lowest BCUT2D eigenvalue weighted by molar-refractivity contribution is -0.133. The summed E-state index contributed by atoms with van der Waals surface area (Å²) in [5.74, 6) is 0.287. The number of aliphatic carboxylic acids is 1. The van der Waals surface area contributed by atoms with Gasteiger partial charge in [0.15, 0.2) is 5.16 Å². The van der Waals surface area contributed by atoms with Crippen LogP contribution in [0.3, 0.4) is 0 Å². The van der Waals surface area contributed by atoms with E-state index in [9.17, 15) is 4.79 Å². The van der Waals surface area contributed by atoms with Crippen molar-refractivity contribution < 1.29 is 14.6 Å². The van der Waals surface area contributed by atoms with E-state index in [1.807, 2.05) is 18.5 Å². The zero-order valence-corrected chi connectivity index (χ0v) is 10.6. The van der Waals surface area contributed by atoms with E-state index in [0.29, 0.717) is 5.16 Å². The van der Waals surface area contributed by atoms with Crippen molar-refractivity contribution in [1.82, 2.24) is 14.8 Å². The zero-order valence-electron chi connectivity index (χ0n) is 9.79. The van der Waals surface area contributed by atoms with Crippen molar-refractivity contribution in [2.75, 3.05) is 12.4 Å². The molecule has 2 unspecified atom stereocenters. The predicted octanol–water partition coefficient (Wildman–Crippen LogP) is 0.884. The summed E-state index contributed by atoms with van der Waals surface area (Å²) in [6, 6.07) is 0. The van der Waals surface area contributed by atoms with Gasteiger partial charge in [-0.3, -0.25) is 4.79 Å². The molecule has 2 rings (SSSR count). The minimum atomic E-state index is -0.850. The molecule has 6 nitrogen and oxygen atoms in total. The maximum absolute atomic E-state index is 10.5. The molecule has 1 saturated heterocycles. The van der Waals surface area contributed by atoms with Gasteiger partial charge in [0.25, 0.3) is 0 Å². The Labute approximate surface area is 103 Å². The molecule has 1 aliphatic rings. The van der Waals surface area contributed by atoms with E-state index in [2.05, 4.69) is 10.2 Å². The Balaban J connectivity index is 2.11. The van der Waals surface area contributed by atoms with Gasteiger partial charge in [0.2, 0.25) is 0 Å². The molecule has 1 fully saturated rings. The van der Waals surface area contributed by atoms with Crippen LogP contribution in [0, 0.1) is 0 Å². The largest absolute Gasteiger partial charge is 0.481 e. The van der Waals surface area contributed by atoms with Gasteiger partial charge in [0.05, 0.1) is 11.9 Å². The van der Waals surface area contributed by atoms with Crippen LogP contribution < -0.4 is 0 Å². The maximum Gasteiger partial charge on any atom is 0.313 e. The van der Waals surface area contributed by atoms with Crippen molar-refractivity contribution in [3.8, 4) is 0 Å². The highest BCUT2D eigenvalue weighted by Crippen LogP contribution is 2.31. The van der Waals surface area contributed by atoms with Crippen LogP contribution in [0.5, 0.6) is 0 Å². The van der Waals surface area contributed by atoms with E-state index in [-0.39, 0.29) is 17.8 Å². The third-order valence-electron chi connectivity index (χ3n) is 2.90. The van der Waals surface area contributed by atoms with Crippen LogP contribution in [-0.2, 0) is 16.6 Å². The SMILES string of the molecule is CC1OCCC1c1nnc(SCC(=O)O)n1C. The fourth-order valence-corrected chi connectivity index (χ4v) is 2.61. The van der Waals surface area contributed by atoms with E-state index in [4.69, 9.17) is 9.84 Å². The van der Waals surface area contributed by atoms with E-state index in [1.54, 1.807) is 0 Å². The number of rotatable bonds is 4. The van der Waals surface area contributed by atoms with Gasteiger partial charge in [-0.2, -0.15) is 0 Å². The van der Waals surface area contributed by atoms with Crippen LogP contribution in [0.4, 0.5) is 0 Å². The Morgan fingerprint density at radius 3 is 3.00 bits per heavy atom. The summed E-state index contributed by atoms with van der Waals surface area (Å²) in [7, 11) is 1.87. The number of carboxylic acid groups (broad SMARTS) is 1. The van der Waals surface area contributed by atoms with Crippen molar-refractivity contribution in [2.24, 2.45) is 7.05 Å². The van der Waals surface area contributed by atoms with Crippen LogP contribution in [-0.4, -0.2) is 44.3 Å². The number of ether oxygens (including phenoxy) is 1. The van der Waals surface area contributed by atoms with Gasteiger partial charge < -0.3 is 14.4 Å². The minimum Gasteiger partial charge on any atom is -0.481 e. The highest BCUT2D eigenvalue weighted by atomic mass is 32.2. The van der Waals surface area contributed by atoms with E-state index >= 15 is 0 Å². The zero-order chi connectivity index (χ0) is 12.4. The molecule has 0 spiro atoms. The fraction of sp³-hybridized carbons (Fsp3) is 0.700. The van der Waals surface area contributed by atoms with E-state index < -0.39 is 5.97 Å². The van der Waals surface area contributed by atoms with Gasteiger partial charge in [-0.1, -0.05) is 11.8 Å². The number of nitrogens with zero attached hydrogens (tertiary/aromatic N) is 3. The number of thioether (sulfide) groups is 1. The molecule has 1 N–H and O–H groups in total. The van der Waals surface area contributed by atoms with Gasteiger partial charge in [-0.15, -0.1) is 10.2 Å². The summed E-state index contributed by atoms with van der Waals surface area (Å²) in [6.07, 6.45) is 1.09. The fourth-order valence-electron chi connectivity index (χ4n) is 1.97. The van der Waals surface area contributed by atoms with Crippen LogP contribution in [0.25, 0.3) is 0 Å². The lowest BCUT2D eigenvalue weighted by Crippen LogP contribution is -2.14. The van der Waals surface area contributed by atoms with Gasteiger partial charge in [0.1, 0.15) is 5.82 Å². The summed E-state index contributed by atoms with van der Waals surface area (Å²) in [5, 5.41) is 17.4. The first-order valence-corrected chi connectivity index (χ1v) is 6.43. The molecule has 0 radical (unpaired) electrons. The molecular weight excluding hydrogens is 242 g/mol. The highest BCUT2D eigenvalue weighted by Gasteiger charge is 2.30. The summed E-state index contributed by atoms with van der Waals surface area (Å²) in [4.78, 5) is 10.5. The molecule has 0 saturated carbocycles. The average Bonchev–Trinajstić information content (AvgIpc) is 2.82. The molecule has 94 valence electrons. The van der Waals surface area contributed by atoms with Crippen LogP contribution in [0.1, 0.15) is 25.1 Å². The molecule has 0 aromatic carbocycles. The number of carbonyl (C=O) groups is 1. The lowest BCUT2D eigenvalue weighted by atomic mass is 10.0. The molecule has 7 heteroatoms. The highest BCUT2D eigenvalue weighted by molar-refractivity contribution is 7.99. The Morgan fingerprint density at radius 2 is 2.41 bits per heavy atom. The monoisotopic (exact) mass is 257 g/mol. The summed E-state index contributed by atoms with van der Waals surface area (Å²) >= 11 is 1.18. The quantitative estimate of drug-likeness (QED) is 0.807. The summed E-state index contributed by atoms with van der Waals surface area (Å²) in [5.41, 5.74) is 0. The second kappa shape index (κ2) is 5.05. The molecule has 0 amide bonds. The molecule has 1 aromatic rings. The van der Waals surface area contributed by atoms with Crippen molar-refractivity contribution in [3.63, 3.8) is 0 Å². The Hall–Kier alpha value is -1.08. The summed E-state index contributed by atoms with van der Waals surface area (Å²) in [6.45, 7) is 2.77. The molecule has 1 aromatic heterocycles. The molecular formula is C10H15N3O3S. The molecule has 0 bridgehead atoms. The molecule has 1 aliphatic heterocycles. The minimum absolute atomic E-state index is 0.00267. The Bertz CT molecular complexity index is 421. The van der Waals surface area contributed by atoms with Crippen molar-refractivity contribution in [1.29, 1.82) is 0 Å². The Kier molecular flexibility index (Phi) is 3.68. The number of carboxylic acids is 1. The average molecular weight is 257 g/mol.